The molecule has 0 aromatic rings. The van der Waals surface area contributed by atoms with Gasteiger partial charge in [-0.15, -0.1) is 0 Å². The van der Waals surface area contributed by atoms with Crippen LogP contribution in [0.3, 0.4) is 0 Å². The van der Waals surface area contributed by atoms with Crippen molar-refractivity contribution in [3.05, 3.63) is 0 Å². The van der Waals surface area contributed by atoms with Crippen LogP contribution in [-0.2, 0) is 14.6 Å². The average Bonchev–Trinajstić information content (AvgIpc) is 3.08. The summed E-state index contributed by atoms with van der Waals surface area (Å²) in [7, 11) is -4.59. The van der Waals surface area contributed by atoms with Crippen LogP contribution >= 0.6 is 0 Å². The number of hydrogen-bond donors (Lipinski definition) is 1. The second kappa shape index (κ2) is 10.7. The Balaban J connectivity index is 0.00000306. The minimum absolute atomic E-state index is 0. The fourth-order valence-electron chi connectivity index (χ4n) is 9.78. The molecule has 4 rings (SSSR count). The van der Waals surface area contributed by atoms with E-state index in [1.165, 1.54) is 51.4 Å². The van der Waals surface area contributed by atoms with Gasteiger partial charge in [0, 0.05) is 0 Å². The fraction of sp³-hybridized carbons (Fsp3) is 1.00. The maximum Gasteiger partial charge on any atom is 1.00 e. The maximum absolute atomic E-state index is 11.8. The Hall–Kier alpha value is 0.830. The van der Waals surface area contributed by atoms with E-state index in [-0.39, 0.29) is 47.7 Å². The third-order valence-electron chi connectivity index (χ3n) is 11.1. The molecule has 0 aromatic carbocycles. The predicted octanol–water partition coefficient (Wildman–Crippen LogP) is 2.54. The van der Waals surface area contributed by atoms with Crippen LogP contribution in [0.5, 0.6) is 0 Å². The second-order valence-electron chi connectivity index (χ2n) is 12.3. The Morgan fingerprint density at radius 3 is 2.39 bits per heavy atom. The summed E-state index contributed by atoms with van der Waals surface area (Å²) in [6.45, 7) is 9.63. The molecule has 7 heteroatoms. The Morgan fingerprint density at radius 2 is 1.73 bits per heavy atom. The van der Waals surface area contributed by atoms with Gasteiger partial charge in [0.15, 0.2) is 0 Å². The van der Waals surface area contributed by atoms with Crippen LogP contribution in [0.15, 0.2) is 0 Å². The molecule has 33 heavy (non-hydrogen) atoms. The normalized spacial score (nSPS) is 45.9. The summed E-state index contributed by atoms with van der Waals surface area (Å²) in [6.07, 6.45) is 12.7. The van der Waals surface area contributed by atoms with Crippen molar-refractivity contribution in [2.24, 2.45) is 52.3 Å². The summed E-state index contributed by atoms with van der Waals surface area (Å²) < 4.78 is 36.6. The van der Waals surface area contributed by atoms with Gasteiger partial charge >= 0.3 is 29.6 Å². The van der Waals surface area contributed by atoms with Crippen LogP contribution in [0.2, 0.25) is 0 Å². The molecule has 4 fully saturated rings. The van der Waals surface area contributed by atoms with Crippen molar-refractivity contribution in [3.8, 4) is 0 Å². The Morgan fingerprint density at radius 1 is 1.03 bits per heavy atom. The van der Waals surface area contributed by atoms with Gasteiger partial charge in [-0.25, -0.2) is 8.42 Å². The van der Waals surface area contributed by atoms with Gasteiger partial charge in [-0.1, -0.05) is 47.0 Å². The van der Waals surface area contributed by atoms with Gasteiger partial charge in [-0.3, -0.25) is 4.18 Å². The number of aliphatic hydroxyl groups is 1. The van der Waals surface area contributed by atoms with E-state index in [2.05, 4.69) is 31.9 Å². The van der Waals surface area contributed by atoms with Gasteiger partial charge in [-0.05, 0) is 104 Å². The zero-order chi connectivity index (χ0) is 23.3. The number of aliphatic hydroxyl groups excluding tert-OH is 1. The first-order valence-electron chi connectivity index (χ1n) is 13.3. The van der Waals surface area contributed by atoms with E-state index in [1.54, 1.807) is 0 Å². The van der Waals surface area contributed by atoms with Crippen molar-refractivity contribution in [3.63, 3.8) is 0 Å². The van der Waals surface area contributed by atoms with Crippen LogP contribution in [0.4, 0.5) is 0 Å². The van der Waals surface area contributed by atoms with Crippen molar-refractivity contribution in [2.75, 3.05) is 6.61 Å². The van der Waals surface area contributed by atoms with Crippen LogP contribution in [0.25, 0.3) is 0 Å². The van der Waals surface area contributed by atoms with Gasteiger partial charge in [0.05, 0.1) is 12.7 Å². The van der Waals surface area contributed by atoms with Crippen molar-refractivity contribution >= 4 is 10.4 Å². The standard InChI is InChI=1S/C26H46O5S.Na/c1-5-18-20-10-6-7-14-25(20,3)22-13-15-26(4)19(11-12-21(26)23(22)24(18)27)17(2)9-8-16-31-32(28,29)30;/h17-24,27H,5-16H2,1-4H3,(H,28,29,30);/q;+1/p-1/t17-,18-,19-,20+,21?,22?,23?,24-,25+,26-;/m1./s1. The molecule has 4 aliphatic carbocycles. The summed E-state index contributed by atoms with van der Waals surface area (Å²) in [5.41, 5.74) is 0.651. The van der Waals surface area contributed by atoms with E-state index in [4.69, 9.17) is 0 Å². The minimum atomic E-state index is -4.59. The Kier molecular flexibility index (Phi) is 9.18. The Bertz CT molecular complexity index is 775. The van der Waals surface area contributed by atoms with Crippen molar-refractivity contribution in [1.82, 2.24) is 0 Å². The molecule has 0 saturated heterocycles. The van der Waals surface area contributed by atoms with E-state index >= 15 is 0 Å². The van der Waals surface area contributed by atoms with Crippen molar-refractivity contribution in [1.29, 1.82) is 0 Å². The van der Waals surface area contributed by atoms with E-state index in [0.29, 0.717) is 53.3 Å². The van der Waals surface area contributed by atoms with Gasteiger partial charge in [0.1, 0.15) is 0 Å². The summed E-state index contributed by atoms with van der Waals surface area (Å²) in [6, 6.07) is 0. The minimum Gasteiger partial charge on any atom is -0.726 e. The summed E-state index contributed by atoms with van der Waals surface area (Å²) >= 11 is 0. The third-order valence-corrected chi connectivity index (χ3v) is 11.6. The third kappa shape index (κ3) is 5.15. The SMILES string of the molecule is CC[C@H]1[C@@H](O)C2C3CC[C@H]([C@H](C)CCCOS(=O)(=O)[O-])[C@@]3(C)CCC2[C@@]2(C)CCCC[C@@H]12.[Na+]. The zero-order valence-corrected chi connectivity index (χ0v) is 24.4. The molecule has 0 amide bonds. The molecule has 5 nitrogen and oxygen atoms in total. The first-order chi connectivity index (χ1) is 15.0. The smallest absolute Gasteiger partial charge is 0.726 e. The molecule has 3 unspecified atom stereocenters. The molecule has 0 aliphatic heterocycles. The first kappa shape index (κ1) is 28.4. The van der Waals surface area contributed by atoms with Crippen LogP contribution in [0, 0.1) is 52.3 Å². The first-order valence-corrected chi connectivity index (χ1v) is 14.6. The fourth-order valence-corrected chi connectivity index (χ4v) is 10.1. The molecule has 4 aliphatic rings. The van der Waals surface area contributed by atoms with Gasteiger partial charge in [0.2, 0.25) is 10.4 Å². The number of fused-ring (bicyclic) bond motifs is 5. The summed E-state index contributed by atoms with van der Waals surface area (Å²) in [5, 5.41) is 11.8. The van der Waals surface area contributed by atoms with E-state index < -0.39 is 10.4 Å². The molecule has 0 radical (unpaired) electrons. The zero-order valence-electron chi connectivity index (χ0n) is 21.6. The molecule has 186 valence electrons. The molecule has 0 bridgehead atoms. The molecular weight excluding hydrogens is 447 g/mol. The summed E-state index contributed by atoms with van der Waals surface area (Å²) in [4.78, 5) is 0. The van der Waals surface area contributed by atoms with Crippen LogP contribution in [-0.4, -0.2) is 30.8 Å². The Labute approximate surface area is 224 Å². The number of rotatable bonds is 7. The van der Waals surface area contributed by atoms with E-state index in [0.717, 1.165) is 12.8 Å². The maximum atomic E-state index is 11.8. The molecule has 0 heterocycles. The molecule has 4 saturated carbocycles. The average molecular weight is 493 g/mol. The second-order valence-corrected chi connectivity index (χ2v) is 13.3. The van der Waals surface area contributed by atoms with Crippen LogP contribution in [0.1, 0.15) is 98.3 Å². The van der Waals surface area contributed by atoms with E-state index in [9.17, 15) is 18.1 Å². The summed E-state index contributed by atoms with van der Waals surface area (Å²) in [5.74, 6) is 3.90. The molecule has 0 aromatic heterocycles. The van der Waals surface area contributed by atoms with Crippen LogP contribution < -0.4 is 29.6 Å². The van der Waals surface area contributed by atoms with Crippen molar-refractivity contribution < 1.29 is 51.8 Å². The molecule has 10 atom stereocenters. The predicted molar refractivity (Wildman–Crippen MR) is 124 cm³/mol. The monoisotopic (exact) mass is 492 g/mol. The van der Waals surface area contributed by atoms with Gasteiger partial charge < -0.3 is 9.66 Å². The van der Waals surface area contributed by atoms with Gasteiger partial charge in [0.25, 0.3) is 0 Å². The quantitative estimate of drug-likeness (QED) is 0.255. The van der Waals surface area contributed by atoms with Gasteiger partial charge in [-0.2, -0.15) is 0 Å². The largest absolute Gasteiger partial charge is 1.00 e. The van der Waals surface area contributed by atoms with E-state index in [1.807, 2.05) is 0 Å². The molecular formula is C26H45NaO5S. The van der Waals surface area contributed by atoms with Crippen molar-refractivity contribution in [2.45, 2.75) is 104 Å². The topological polar surface area (TPSA) is 86.7 Å². The number of hydrogen-bond acceptors (Lipinski definition) is 5. The molecule has 1 N–H and O–H groups in total. The molecule has 0 spiro atoms.